The Morgan fingerprint density at radius 2 is 1.46 bits per heavy atom. The van der Waals surface area contributed by atoms with E-state index < -0.39 is 6.04 Å². The van der Waals surface area contributed by atoms with Crippen LogP contribution in [0.1, 0.15) is 17.2 Å². The molecule has 1 atom stereocenters. The molecule has 0 amide bonds. The fourth-order valence-electron chi connectivity index (χ4n) is 2.39. The normalized spacial score (nSPS) is 11.3. The van der Waals surface area contributed by atoms with Crippen LogP contribution in [0.4, 0.5) is 5.69 Å². The zero-order valence-electron chi connectivity index (χ0n) is 13.2. The lowest BCUT2D eigenvalue weighted by molar-refractivity contribution is 0.306. The van der Waals surface area contributed by atoms with Crippen LogP contribution in [0.25, 0.3) is 0 Å². The molecule has 0 saturated heterocycles. The van der Waals surface area contributed by atoms with Gasteiger partial charge in [0.15, 0.2) is 0 Å². The van der Waals surface area contributed by atoms with Gasteiger partial charge in [0.1, 0.15) is 18.4 Å². The predicted octanol–water partition coefficient (Wildman–Crippen LogP) is 4.94. The number of ether oxygens (including phenoxy) is 1. The van der Waals surface area contributed by atoms with Crippen molar-refractivity contribution < 1.29 is 4.74 Å². The fraction of sp³-hybridized carbons (Fsp3) is 0.0952. The van der Waals surface area contributed by atoms with E-state index in [-0.39, 0.29) is 0 Å². The average Bonchev–Trinajstić information content (AvgIpc) is 2.67. The first-order chi connectivity index (χ1) is 11.8. The second kappa shape index (κ2) is 7.85. The Morgan fingerprint density at radius 1 is 0.833 bits per heavy atom. The molecule has 0 fully saturated rings. The van der Waals surface area contributed by atoms with Gasteiger partial charge in [-0.1, -0.05) is 60.7 Å². The Kier molecular flexibility index (Phi) is 5.11. The molecule has 0 heterocycles. The number of para-hydroxylation sites is 1. The number of anilines is 1. The SMILES string of the molecule is N#C[C@H](Nc1ccccc1)c1ccc(OCc2ccccc2)cc1. The zero-order chi connectivity index (χ0) is 16.6. The van der Waals surface area contributed by atoms with E-state index in [2.05, 4.69) is 11.4 Å². The molecule has 24 heavy (non-hydrogen) atoms. The third kappa shape index (κ3) is 4.15. The van der Waals surface area contributed by atoms with E-state index in [1.54, 1.807) is 0 Å². The standard InChI is InChI=1S/C21H18N2O/c22-15-21(23-19-9-5-2-6-10-19)18-11-13-20(14-12-18)24-16-17-7-3-1-4-8-17/h1-14,21,23H,16H2/t21-/m0/s1. The third-order valence-electron chi connectivity index (χ3n) is 3.68. The van der Waals surface area contributed by atoms with Crippen LogP contribution in [0.2, 0.25) is 0 Å². The number of hydrogen-bond acceptors (Lipinski definition) is 3. The van der Waals surface area contributed by atoms with Crippen molar-refractivity contribution in [2.75, 3.05) is 5.32 Å². The molecule has 0 saturated carbocycles. The topological polar surface area (TPSA) is 45.0 Å². The fourth-order valence-corrected chi connectivity index (χ4v) is 2.39. The van der Waals surface area contributed by atoms with E-state index in [4.69, 9.17) is 4.74 Å². The highest BCUT2D eigenvalue weighted by molar-refractivity contribution is 5.47. The van der Waals surface area contributed by atoms with Crippen molar-refractivity contribution in [2.24, 2.45) is 0 Å². The van der Waals surface area contributed by atoms with Crippen molar-refractivity contribution in [3.63, 3.8) is 0 Å². The second-order valence-electron chi connectivity index (χ2n) is 5.42. The summed E-state index contributed by atoms with van der Waals surface area (Å²) in [6.07, 6.45) is 0. The summed E-state index contributed by atoms with van der Waals surface area (Å²) < 4.78 is 5.78. The van der Waals surface area contributed by atoms with Crippen molar-refractivity contribution in [3.05, 3.63) is 96.1 Å². The highest BCUT2D eigenvalue weighted by Gasteiger charge is 2.10. The second-order valence-corrected chi connectivity index (χ2v) is 5.42. The highest BCUT2D eigenvalue weighted by Crippen LogP contribution is 2.22. The van der Waals surface area contributed by atoms with Crippen LogP contribution >= 0.6 is 0 Å². The quantitative estimate of drug-likeness (QED) is 0.700. The smallest absolute Gasteiger partial charge is 0.140 e. The minimum absolute atomic E-state index is 0.393. The number of hydrogen-bond donors (Lipinski definition) is 1. The van der Waals surface area contributed by atoms with Gasteiger partial charge in [-0.2, -0.15) is 5.26 Å². The first kappa shape index (κ1) is 15.6. The summed E-state index contributed by atoms with van der Waals surface area (Å²) in [5.41, 5.74) is 2.96. The molecule has 0 aliphatic carbocycles. The summed E-state index contributed by atoms with van der Waals surface area (Å²) in [6.45, 7) is 0.532. The zero-order valence-corrected chi connectivity index (χ0v) is 13.2. The van der Waals surface area contributed by atoms with Crippen molar-refractivity contribution in [1.82, 2.24) is 0 Å². The number of benzene rings is 3. The van der Waals surface area contributed by atoms with Gasteiger partial charge >= 0.3 is 0 Å². The van der Waals surface area contributed by atoms with Gasteiger partial charge in [-0.3, -0.25) is 0 Å². The summed E-state index contributed by atoms with van der Waals surface area (Å²) in [6, 6.07) is 29.3. The van der Waals surface area contributed by atoms with Gasteiger partial charge in [0.25, 0.3) is 0 Å². The number of nitrogens with zero attached hydrogens (tertiary/aromatic N) is 1. The van der Waals surface area contributed by atoms with Crippen molar-refractivity contribution >= 4 is 5.69 Å². The molecule has 3 aromatic carbocycles. The molecule has 3 heteroatoms. The molecule has 3 aromatic rings. The largest absolute Gasteiger partial charge is 0.489 e. The Balaban J connectivity index is 1.63. The van der Waals surface area contributed by atoms with E-state index in [0.29, 0.717) is 6.61 Å². The summed E-state index contributed by atoms with van der Waals surface area (Å²) in [5, 5.41) is 12.6. The lowest BCUT2D eigenvalue weighted by Gasteiger charge is -2.14. The molecule has 0 aromatic heterocycles. The number of rotatable bonds is 6. The predicted molar refractivity (Wildman–Crippen MR) is 95.6 cm³/mol. The first-order valence-electron chi connectivity index (χ1n) is 7.83. The van der Waals surface area contributed by atoms with Crippen molar-refractivity contribution in [1.29, 1.82) is 5.26 Å². The molecule has 3 rings (SSSR count). The Bertz CT molecular complexity index is 793. The van der Waals surface area contributed by atoms with Crippen LogP contribution < -0.4 is 10.1 Å². The first-order valence-corrected chi connectivity index (χ1v) is 7.83. The molecule has 1 N–H and O–H groups in total. The lowest BCUT2D eigenvalue weighted by Crippen LogP contribution is -2.08. The molecule has 118 valence electrons. The van der Waals surface area contributed by atoms with Gasteiger partial charge in [-0.15, -0.1) is 0 Å². The Morgan fingerprint density at radius 3 is 2.08 bits per heavy atom. The molecule has 0 aliphatic rings. The molecule has 0 bridgehead atoms. The van der Waals surface area contributed by atoms with E-state index in [1.807, 2.05) is 84.9 Å². The molecular formula is C21H18N2O. The summed E-state index contributed by atoms with van der Waals surface area (Å²) in [4.78, 5) is 0. The summed E-state index contributed by atoms with van der Waals surface area (Å²) in [7, 11) is 0. The van der Waals surface area contributed by atoms with Crippen LogP contribution in [0, 0.1) is 11.3 Å². The van der Waals surface area contributed by atoms with Gasteiger partial charge in [0.05, 0.1) is 6.07 Å². The van der Waals surface area contributed by atoms with E-state index in [0.717, 1.165) is 22.6 Å². The van der Waals surface area contributed by atoms with Gasteiger partial charge in [0.2, 0.25) is 0 Å². The molecule has 0 spiro atoms. The maximum Gasteiger partial charge on any atom is 0.140 e. The maximum absolute atomic E-state index is 9.42. The average molecular weight is 314 g/mol. The van der Waals surface area contributed by atoms with Gasteiger partial charge in [-0.25, -0.2) is 0 Å². The molecular weight excluding hydrogens is 296 g/mol. The number of nitrogens with one attached hydrogen (secondary N) is 1. The van der Waals surface area contributed by atoms with Gasteiger partial charge < -0.3 is 10.1 Å². The highest BCUT2D eigenvalue weighted by atomic mass is 16.5. The van der Waals surface area contributed by atoms with Crippen LogP contribution in [0.5, 0.6) is 5.75 Å². The molecule has 0 radical (unpaired) electrons. The van der Waals surface area contributed by atoms with Crippen LogP contribution in [-0.4, -0.2) is 0 Å². The molecule has 0 unspecified atom stereocenters. The third-order valence-corrected chi connectivity index (χ3v) is 3.68. The van der Waals surface area contributed by atoms with Gasteiger partial charge in [-0.05, 0) is 35.4 Å². The Hall–Kier alpha value is -3.25. The van der Waals surface area contributed by atoms with E-state index in [9.17, 15) is 5.26 Å². The minimum Gasteiger partial charge on any atom is -0.489 e. The van der Waals surface area contributed by atoms with Crippen LogP contribution in [-0.2, 0) is 6.61 Å². The monoisotopic (exact) mass is 314 g/mol. The lowest BCUT2D eigenvalue weighted by atomic mass is 10.1. The maximum atomic E-state index is 9.42. The molecule has 0 aliphatic heterocycles. The van der Waals surface area contributed by atoms with E-state index >= 15 is 0 Å². The summed E-state index contributed by atoms with van der Waals surface area (Å²) in [5.74, 6) is 0.791. The van der Waals surface area contributed by atoms with Crippen molar-refractivity contribution in [3.8, 4) is 11.8 Å². The Labute approximate surface area is 142 Å². The molecule has 3 nitrogen and oxygen atoms in total. The van der Waals surface area contributed by atoms with Crippen LogP contribution in [0.15, 0.2) is 84.9 Å². The van der Waals surface area contributed by atoms with Gasteiger partial charge in [0, 0.05) is 5.69 Å². The number of nitriles is 1. The summed E-state index contributed by atoms with van der Waals surface area (Å²) >= 11 is 0. The van der Waals surface area contributed by atoms with E-state index in [1.165, 1.54) is 0 Å². The minimum atomic E-state index is -0.393. The van der Waals surface area contributed by atoms with Crippen molar-refractivity contribution in [2.45, 2.75) is 12.6 Å². The van der Waals surface area contributed by atoms with Crippen LogP contribution in [0.3, 0.4) is 0 Å².